The molecule has 0 saturated carbocycles. The van der Waals surface area contributed by atoms with Gasteiger partial charge in [0.25, 0.3) is 0 Å². The fourth-order valence-corrected chi connectivity index (χ4v) is 3.33. The molecule has 24 heavy (non-hydrogen) atoms. The molecule has 128 valence electrons. The van der Waals surface area contributed by atoms with Gasteiger partial charge in [-0.15, -0.1) is 12.4 Å². The van der Waals surface area contributed by atoms with E-state index in [9.17, 15) is 4.79 Å². The summed E-state index contributed by atoms with van der Waals surface area (Å²) < 4.78 is 10.7. The SMILES string of the molecule is COc1ccc2c3c(c(=O)oc2c1)CN(CC1=NCCN1)CC3.Cl. The van der Waals surface area contributed by atoms with Gasteiger partial charge in [-0.05, 0) is 24.1 Å². The Hall–Kier alpha value is -2.05. The van der Waals surface area contributed by atoms with Crippen LogP contribution in [-0.2, 0) is 13.0 Å². The van der Waals surface area contributed by atoms with E-state index in [2.05, 4.69) is 15.2 Å². The molecule has 2 aliphatic rings. The fraction of sp³-hybridized carbons (Fsp3) is 0.412. The molecule has 3 heterocycles. The summed E-state index contributed by atoms with van der Waals surface area (Å²) in [5.41, 5.74) is 2.24. The third-order valence-corrected chi connectivity index (χ3v) is 4.50. The molecular formula is C17H20ClN3O3. The van der Waals surface area contributed by atoms with Crippen molar-refractivity contribution in [2.75, 3.05) is 33.3 Å². The molecule has 0 saturated heterocycles. The number of fused-ring (bicyclic) bond motifs is 3. The van der Waals surface area contributed by atoms with Crippen LogP contribution in [-0.4, -0.2) is 44.0 Å². The van der Waals surface area contributed by atoms with Crippen molar-refractivity contribution in [2.24, 2.45) is 4.99 Å². The lowest BCUT2D eigenvalue weighted by Crippen LogP contribution is -2.40. The minimum Gasteiger partial charge on any atom is -0.497 e. The first-order chi connectivity index (χ1) is 11.2. The average molecular weight is 350 g/mol. The zero-order valence-corrected chi connectivity index (χ0v) is 14.3. The summed E-state index contributed by atoms with van der Waals surface area (Å²) >= 11 is 0. The zero-order chi connectivity index (χ0) is 15.8. The van der Waals surface area contributed by atoms with Crippen molar-refractivity contribution in [2.45, 2.75) is 13.0 Å². The highest BCUT2D eigenvalue weighted by Crippen LogP contribution is 2.27. The number of methoxy groups -OCH3 is 1. The second-order valence-corrected chi connectivity index (χ2v) is 5.92. The minimum absolute atomic E-state index is 0. The zero-order valence-electron chi connectivity index (χ0n) is 13.5. The monoisotopic (exact) mass is 349 g/mol. The highest BCUT2D eigenvalue weighted by Gasteiger charge is 2.24. The summed E-state index contributed by atoms with van der Waals surface area (Å²) in [6.07, 6.45) is 0.844. The second kappa shape index (κ2) is 6.83. The van der Waals surface area contributed by atoms with Crippen LogP contribution in [0.2, 0.25) is 0 Å². The summed E-state index contributed by atoms with van der Waals surface area (Å²) in [7, 11) is 1.61. The minimum atomic E-state index is -0.244. The molecule has 2 aliphatic heterocycles. The second-order valence-electron chi connectivity index (χ2n) is 5.92. The number of halogens is 1. The molecule has 0 aliphatic carbocycles. The molecule has 1 aromatic heterocycles. The first kappa shape index (κ1) is 16.8. The van der Waals surface area contributed by atoms with Gasteiger partial charge in [0.05, 0.1) is 25.8 Å². The maximum atomic E-state index is 12.4. The number of aliphatic imine (C=N–C) groups is 1. The van der Waals surface area contributed by atoms with Gasteiger partial charge < -0.3 is 14.5 Å². The van der Waals surface area contributed by atoms with Gasteiger partial charge in [-0.25, -0.2) is 4.79 Å². The van der Waals surface area contributed by atoms with Crippen molar-refractivity contribution >= 4 is 29.2 Å². The number of hydrogen-bond donors (Lipinski definition) is 1. The van der Waals surface area contributed by atoms with Crippen molar-refractivity contribution < 1.29 is 9.15 Å². The van der Waals surface area contributed by atoms with Crippen LogP contribution in [0, 0.1) is 0 Å². The highest BCUT2D eigenvalue weighted by molar-refractivity contribution is 5.86. The Labute approximate surface area is 145 Å². The summed E-state index contributed by atoms with van der Waals surface area (Å²) in [4.78, 5) is 19.0. The van der Waals surface area contributed by atoms with Crippen LogP contribution in [0.25, 0.3) is 11.0 Å². The van der Waals surface area contributed by atoms with Crippen molar-refractivity contribution in [1.29, 1.82) is 0 Å². The maximum absolute atomic E-state index is 12.4. The molecule has 0 atom stereocenters. The van der Waals surface area contributed by atoms with E-state index >= 15 is 0 Å². The number of hydrogen-bond acceptors (Lipinski definition) is 6. The van der Waals surface area contributed by atoms with Crippen LogP contribution in [0.1, 0.15) is 11.1 Å². The molecule has 1 N–H and O–H groups in total. The molecule has 1 aromatic carbocycles. The van der Waals surface area contributed by atoms with E-state index < -0.39 is 0 Å². The summed E-state index contributed by atoms with van der Waals surface area (Å²) in [6.45, 7) is 4.04. The number of benzene rings is 1. The molecule has 6 nitrogen and oxygen atoms in total. The van der Waals surface area contributed by atoms with Crippen molar-refractivity contribution in [3.05, 3.63) is 39.7 Å². The number of ether oxygens (including phenoxy) is 1. The topological polar surface area (TPSA) is 67.1 Å². The van der Waals surface area contributed by atoms with Gasteiger partial charge in [0.1, 0.15) is 17.2 Å². The molecule has 0 fully saturated rings. The third-order valence-electron chi connectivity index (χ3n) is 4.50. The van der Waals surface area contributed by atoms with Gasteiger partial charge >= 0.3 is 5.63 Å². The van der Waals surface area contributed by atoms with Crippen LogP contribution in [0.4, 0.5) is 0 Å². The van der Waals surface area contributed by atoms with Gasteiger partial charge in [-0.1, -0.05) is 0 Å². The molecule has 4 rings (SSSR count). The third kappa shape index (κ3) is 2.99. The lowest BCUT2D eigenvalue weighted by molar-refractivity contribution is 0.283. The molecule has 2 aromatic rings. The smallest absolute Gasteiger partial charge is 0.341 e. The molecular weight excluding hydrogens is 330 g/mol. The van der Waals surface area contributed by atoms with E-state index in [-0.39, 0.29) is 18.0 Å². The first-order valence-electron chi connectivity index (χ1n) is 7.87. The maximum Gasteiger partial charge on any atom is 0.341 e. The van der Waals surface area contributed by atoms with E-state index in [4.69, 9.17) is 9.15 Å². The van der Waals surface area contributed by atoms with Gasteiger partial charge in [-0.2, -0.15) is 0 Å². The van der Waals surface area contributed by atoms with Crippen LogP contribution in [0.15, 0.2) is 32.4 Å². The predicted molar refractivity (Wildman–Crippen MR) is 95.6 cm³/mol. The highest BCUT2D eigenvalue weighted by atomic mass is 35.5. The number of amidine groups is 1. The number of rotatable bonds is 3. The van der Waals surface area contributed by atoms with Crippen molar-refractivity contribution in [3.63, 3.8) is 0 Å². The molecule has 0 spiro atoms. The number of nitrogens with one attached hydrogen (secondary N) is 1. The molecule has 7 heteroatoms. The first-order valence-corrected chi connectivity index (χ1v) is 7.87. The van der Waals surface area contributed by atoms with Crippen LogP contribution in [0.5, 0.6) is 5.75 Å². The molecule has 0 radical (unpaired) electrons. The van der Waals surface area contributed by atoms with Crippen LogP contribution >= 0.6 is 12.4 Å². The van der Waals surface area contributed by atoms with Crippen LogP contribution in [0.3, 0.4) is 0 Å². The predicted octanol–water partition coefficient (Wildman–Crippen LogP) is 1.58. The van der Waals surface area contributed by atoms with Crippen LogP contribution < -0.4 is 15.7 Å². The average Bonchev–Trinajstić information content (AvgIpc) is 3.07. The Kier molecular flexibility index (Phi) is 4.78. The van der Waals surface area contributed by atoms with E-state index in [1.807, 2.05) is 12.1 Å². The Morgan fingerprint density at radius 3 is 3.00 bits per heavy atom. The van der Waals surface area contributed by atoms with Crippen molar-refractivity contribution in [1.82, 2.24) is 10.2 Å². The lowest BCUT2D eigenvalue weighted by Gasteiger charge is -2.28. The van der Waals surface area contributed by atoms with Crippen molar-refractivity contribution in [3.8, 4) is 5.75 Å². The standard InChI is InChI=1S/C17H19N3O3.ClH/c1-22-11-2-3-13-12-4-7-20(10-16-18-5-6-19-16)9-14(12)17(21)23-15(13)8-11;/h2-3,8H,4-7,9-10H2,1H3,(H,18,19);1H. The number of nitrogens with zero attached hydrogens (tertiary/aromatic N) is 2. The summed E-state index contributed by atoms with van der Waals surface area (Å²) in [5, 5.41) is 4.29. The summed E-state index contributed by atoms with van der Waals surface area (Å²) in [6, 6.07) is 5.67. The lowest BCUT2D eigenvalue weighted by atomic mass is 9.97. The Morgan fingerprint density at radius 1 is 1.38 bits per heavy atom. The van der Waals surface area contributed by atoms with E-state index in [1.54, 1.807) is 13.2 Å². The quantitative estimate of drug-likeness (QED) is 0.852. The van der Waals surface area contributed by atoms with Gasteiger partial charge in [0.2, 0.25) is 0 Å². The fourth-order valence-electron chi connectivity index (χ4n) is 3.33. The van der Waals surface area contributed by atoms with E-state index in [0.717, 1.165) is 54.9 Å². The summed E-state index contributed by atoms with van der Waals surface area (Å²) in [5.74, 6) is 1.71. The molecule has 0 bridgehead atoms. The van der Waals surface area contributed by atoms with Gasteiger partial charge in [0, 0.05) is 31.1 Å². The largest absolute Gasteiger partial charge is 0.497 e. The van der Waals surface area contributed by atoms with E-state index in [1.165, 1.54) is 0 Å². The van der Waals surface area contributed by atoms with E-state index in [0.29, 0.717) is 17.9 Å². The normalized spacial score (nSPS) is 17.0. The molecule has 0 unspecified atom stereocenters. The Morgan fingerprint density at radius 2 is 2.25 bits per heavy atom. The molecule has 0 amide bonds. The Bertz CT molecular complexity index is 847. The van der Waals surface area contributed by atoms with Gasteiger partial charge in [0.15, 0.2) is 0 Å². The Balaban J connectivity index is 0.00000169. The van der Waals surface area contributed by atoms with Gasteiger partial charge in [-0.3, -0.25) is 9.89 Å².